The van der Waals surface area contributed by atoms with Gasteiger partial charge in [-0.3, -0.25) is 9.59 Å². The number of nitrogens with zero attached hydrogens (tertiary/aromatic N) is 1. The Balaban J connectivity index is 1.61. The minimum atomic E-state index is -0.336. The van der Waals surface area contributed by atoms with Gasteiger partial charge in [-0.05, 0) is 70.7 Å². The number of furan rings is 1. The molecule has 0 bridgehead atoms. The Hall–Kier alpha value is -2.86. The summed E-state index contributed by atoms with van der Waals surface area (Å²) in [5.74, 6) is -0.149. The molecule has 2 heterocycles. The van der Waals surface area contributed by atoms with Crippen molar-refractivity contribution in [3.8, 4) is 0 Å². The van der Waals surface area contributed by atoms with Crippen molar-refractivity contribution in [3.63, 3.8) is 0 Å². The fourth-order valence-electron chi connectivity index (χ4n) is 3.23. The third kappa shape index (κ3) is 3.66. The molecule has 1 aliphatic rings. The van der Waals surface area contributed by atoms with Crippen molar-refractivity contribution in [1.82, 2.24) is 0 Å². The standard InChI is InChI=1S/C21H17BrN2O3/c22-19-11-10-18(27-19)20(25)23-16-9-8-14-7-4-12-24(17(14)13-16)21(26)15-5-2-1-3-6-15/h1-3,5-6,8-11,13H,4,7,12H2,(H,23,25). The van der Waals surface area contributed by atoms with Crippen LogP contribution in [0.2, 0.25) is 0 Å². The van der Waals surface area contributed by atoms with E-state index in [4.69, 9.17) is 4.42 Å². The molecule has 0 aliphatic carbocycles. The van der Waals surface area contributed by atoms with Gasteiger partial charge in [0, 0.05) is 23.5 Å². The molecule has 0 radical (unpaired) electrons. The van der Waals surface area contributed by atoms with E-state index in [1.54, 1.807) is 17.0 Å². The number of fused-ring (bicyclic) bond motifs is 1. The number of rotatable bonds is 3. The largest absolute Gasteiger partial charge is 0.444 e. The molecule has 2 aromatic carbocycles. The first-order valence-corrected chi connectivity index (χ1v) is 9.47. The molecule has 2 amide bonds. The summed E-state index contributed by atoms with van der Waals surface area (Å²) in [4.78, 5) is 27.0. The third-order valence-corrected chi connectivity index (χ3v) is 4.95. The molecule has 4 rings (SSSR count). The summed E-state index contributed by atoms with van der Waals surface area (Å²) in [7, 11) is 0. The number of halogens is 1. The van der Waals surface area contributed by atoms with Gasteiger partial charge in [0.25, 0.3) is 11.8 Å². The monoisotopic (exact) mass is 424 g/mol. The van der Waals surface area contributed by atoms with Gasteiger partial charge in [0.15, 0.2) is 10.4 Å². The molecule has 1 aromatic heterocycles. The summed E-state index contributed by atoms with van der Waals surface area (Å²) in [5, 5.41) is 2.83. The lowest BCUT2D eigenvalue weighted by atomic mass is 10.00. The van der Waals surface area contributed by atoms with Crippen molar-refractivity contribution in [1.29, 1.82) is 0 Å². The maximum atomic E-state index is 12.9. The molecule has 6 heteroatoms. The van der Waals surface area contributed by atoms with Crippen molar-refractivity contribution >= 4 is 39.1 Å². The van der Waals surface area contributed by atoms with Crippen molar-refractivity contribution < 1.29 is 14.0 Å². The molecule has 3 aromatic rings. The van der Waals surface area contributed by atoms with Crippen molar-refractivity contribution in [3.05, 3.63) is 82.2 Å². The fraction of sp³-hybridized carbons (Fsp3) is 0.143. The molecule has 0 atom stereocenters. The van der Waals surface area contributed by atoms with E-state index in [1.807, 2.05) is 48.5 Å². The zero-order chi connectivity index (χ0) is 18.8. The summed E-state index contributed by atoms with van der Waals surface area (Å²) >= 11 is 3.19. The molecule has 0 unspecified atom stereocenters. The van der Waals surface area contributed by atoms with E-state index in [-0.39, 0.29) is 17.6 Å². The minimum Gasteiger partial charge on any atom is -0.444 e. The van der Waals surface area contributed by atoms with Crippen LogP contribution in [-0.2, 0) is 6.42 Å². The topological polar surface area (TPSA) is 62.6 Å². The molecule has 1 N–H and O–H groups in total. The summed E-state index contributed by atoms with van der Waals surface area (Å²) in [6, 6.07) is 18.2. The van der Waals surface area contributed by atoms with Gasteiger partial charge in [0.05, 0.1) is 0 Å². The van der Waals surface area contributed by atoms with Crippen LogP contribution >= 0.6 is 15.9 Å². The van der Waals surface area contributed by atoms with Gasteiger partial charge in [0.1, 0.15) is 0 Å². The highest BCUT2D eigenvalue weighted by Gasteiger charge is 2.24. The van der Waals surface area contributed by atoms with Gasteiger partial charge in [-0.2, -0.15) is 0 Å². The normalized spacial score (nSPS) is 13.1. The van der Waals surface area contributed by atoms with Gasteiger partial charge in [-0.15, -0.1) is 0 Å². The average molecular weight is 425 g/mol. The van der Waals surface area contributed by atoms with Crippen LogP contribution < -0.4 is 10.2 Å². The second-order valence-corrected chi connectivity index (χ2v) is 7.11. The summed E-state index contributed by atoms with van der Waals surface area (Å²) in [6.07, 6.45) is 1.82. The van der Waals surface area contributed by atoms with E-state index in [2.05, 4.69) is 21.2 Å². The first-order valence-electron chi connectivity index (χ1n) is 8.68. The predicted molar refractivity (Wildman–Crippen MR) is 107 cm³/mol. The maximum Gasteiger partial charge on any atom is 0.291 e. The Morgan fingerprint density at radius 1 is 1.04 bits per heavy atom. The minimum absolute atomic E-state index is 0.0324. The third-order valence-electron chi connectivity index (χ3n) is 4.52. The zero-order valence-corrected chi connectivity index (χ0v) is 16.0. The smallest absolute Gasteiger partial charge is 0.291 e. The highest BCUT2D eigenvalue weighted by molar-refractivity contribution is 9.10. The van der Waals surface area contributed by atoms with E-state index in [0.717, 1.165) is 24.1 Å². The van der Waals surface area contributed by atoms with Crippen LogP contribution in [0.5, 0.6) is 0 Å². The number of hydrogen-bond acceptors (Lipinski definition) is 3. The van der Waals surface area contributed by atoms with E-state index in [1.165, 1.54) is 0 Å². The first kappa shape index (κ1) is 17.5. The number of carbonyl (C=O) groups is 2. The predicted octanol–water partition coefficient (Wildman–Crippen LogP) is 4.89. The Kier molecular flexibility index (Phi) is 4.81. The number of aryl methyl sites for hydroxylation is 1. The Bertz CT molecular complexity index is 998. The second kappa shape index (κ2) is 7.40. The quantitative estimate of drug-likeness (QED) is 0.650. The molecule has 5 nitrogen and oxygen atoms in total. The number of benzene rings is 2. The molecule has 1 aliphatic heterocycles. The van der Waals surface area contributed by atoms with Crippen LogP contribution in [0.15, 0.2) is 69.8 Å². The van der Waals surface area contributed by atoms with E-state index < -0.39 is 0 Å². The second-order valence-electron chi connectivity index (χ2n) is 6.33. The maximum absolute atomic E-state index is 12.9. The lowest BCUT2D eigenvalue weighted by Gasteiger charge is -2.30. The van der Waals surface area contributed by atoms with E-state index in [0.29, 0.717) is 22.5 Å². The molecular formula is C21H17BrN2O3. The van der Waals surface area contributed by atoms with Gasteiger partial charge < -0.3 is 14.6 Å². The van der Waals surface area contributed by atoms with E-state index in [9.17, 15) is 9.59 Å². The molecule has 0 fully saturated rings. The molecule has 136 valence electrons. The van der Waals surface area contributed by atoms with Gasteiger partial charge in [-0.25, -0.2) is 0 Å². The van der Waals surface area contributed by atoms with Gasteiger partial charge in [0.2, 0.25) is 0 Å². The highest BCUT2D eigenvalue weighted by atomic mass is 79.9. The van der Waals surface area contributed by atoms with Crippen LogP contribution in [0.4, 0.5) is 11.4 Å². The highest BCUT2D eigenvalue weighted by Crippen LogP contribution is 2.31. The lowest BCUT2D eigenvalue weighted by molar-refractivity contribution is 0.0982. The molecular weight excluding hydrogens is 408 g/mol. The average Bonchev–Trinajstić information content (AvgIpc) is 3.14. The summed E-state index contributed by atoms with van der Waals surface area (Å²) < 4.78 is 5.79. The fourth-order valence-corrected chi connectivity index (χ4v) is 3.54. The molecule has 0 spiro atoms. The zero-order valence-electron chi connectivity index (χ0n) is 14.4. The lowest BCUT2D eigenvalue weighted by Crippen LogP contribution is -2.35. The Morgan fingerprint density at radius 2 is 1.85 bits per heavy atom. The number of carbonyl (C=O) groups excluding carboxylic acids is 2. The number of anilines is 2. The molecule has 27 heavy (non-hydrogen) atoms. The number of hydrogen-bond donors (Lipinski definition) is 1. The van der Waals surface area contributed by atoms with Crippen LogP contribution in [0, 0.1) is 0 Å². The van der Waals surface area contributed by atoms with Crippen LogP contribution in [0.1, 0.15) is 32.9 Å². The molecule has 0 saturated carbocycles. The van der Waals surface area contributed by atoms with Crippen LogP contribution in [0.25, 0.3) is 0 Å². The van der Waals surface area contributed by atoms with Crippen molar-refractivity contribution in [2.45, 2.75) is 12.8 Å². The number of amides is 2. The Morgan fingerprint density at radius 3 is 2.59 bits per heavy atom. The van der Waals surface area contributed by atoms with Crippen LogP contribution in [0.3, 0.4) is 0 Å². The van der Waals surface area contributed by atoms with Crippen molar-refractivity contribution in [2.24, 2.45) is 0 Å². The first-order chi connectivity index (χ1) is 13.1. The SMILES string of the molecule is O=C(Nc1ccc2c(c1)N(C(=O)c1ccccc1)CCC2)c1ccc(Br)o1. The van der Waals surface area contributed by atoms with Crippen LogP contribution in [-0.4, -0.2) is 18.4 Å². The Labute approximate surface area is 165 Å². The summed E-state index contributed by atoms with van der Waals surface area (Å²) in [6.45, 7) is 0.656. The van der Waals surface area contributed by atoms with Gasteiger partial charge in [-0.1, -0.05) is 24.3 Å². The summed E-state index contributed by atoms with van der Waals surface area (Å²) in [5.41, 5.74) is 3.22. The van der Waals surface area contributed by atoms with Gasteiger partial charge >= 0.3 is 0 Å². The van der Waals surface area contributed by atoms with Crippen molar-refractivity contribution in [2.75, 3.05) is 16.8 Å². The van der Waals surface area contributed by atoms with E-state index >= 15 is 0 Å². The molecule has 0 saturated heterocycles. The number of nitrogens with one attached hydrogen (secondary N) is 1.